The minimum atomic E-state index is 0.157. The SMILES string of the molecule is CCN1CCN(Cc2ccc(O)c(Cl)c2)CC1C. The lowest BCUT2D eigenvalue weighted by atomic mass is 10.1. The molecule has 3 nitrogen and oxygen atoms in total. The van der Waals surface area contributed by atoms with Crippen LogP contribution in [0.1, 0.15) is 19.4 Å². The van der Waals surface area contributed by atoms with Gasteiger partial charge in [-0.25, -0.2) is 0 Å². The van der Waals surface area contributed by atoms with Crippen LogP contribution in [0.25, 0.3) is 0 Å². The summed E-state index contributed by atoms with van der Waals surface area (Å²) in [7, 11) is 0. The summed E-state index contributed by atoms with van der Waals surface area (Å²) in [5.41, 5.74) is 1.16. The van der Waals surface area contributed by atoms with Crippen LogP contribution >= 0.6 is 11.6 Å². The molecule has 1 N–H and O–H groups in total. The van der Waals surface area contributed by atoms with Crippen LogP contribution in [0.4, 0.5) is 0 Å². The average Bonchev–Trinajstić information content (AvgIpc) is 2.34. The normalized spacial score (nSPS) is 22.3. The van der Waals surface area contributed by atoms with Gasteiger partial charge in [0.25, 0.3) is 0 Å². The van der Waals surface area contributed by atoms with E-state index < -0.39 is 0 Å². The number of nitrogens with zero attached hydrogens (tertiary/aromatic N) is 2. The highest BCUT2D eigenvalue weighted by Crippen LogP contribution is 2.24. The van der Waals surface area contributed by atoms with Crippen LogP contribution in [0.15, 0.2) is 18.2 Å². The number of aromatic hydroxyl groups is 1. The summed E-state index contributed by atoms with van der Waals surface area (Å²) >= 11 is 5.93. The molecule has 1 saturated heterocycles. The van der Waals surface area contributed by atoms with Crippen molar-refractivity contribution in [2.45, 2.75) is 26.4 Å². The molecule has 0 aromatic heterocycles. The first kappa shape index (κ1) is 13.7. The molecule has 1 aromatic rings. The quantitative estimate of drug-likeness (QED) is 0.913. The van der Waals surface area contributed by atoms with Crippen LogP contribution in [0, 0.1) is 0 Å². The van der Waals surface area contributed by atoms with Gasteiger partial charge in [0.2, 0.25) is 0 Å². The largest absolute Gasteiger partial charge is 0.506 e. The van der Waals surface area contributed by atoms with E-state index in [0.717, 1.165) is 38.3 Å². The van der Waals surface area contributed by atoms with E-state index in [0.29, 0.717) is 11.1 Å². The summed E-state index contributed by atoms with van der Waals surface area (Å²) in [5.74, 6) is 0.157. The molecule has 2 rings (SSSR count). The van der Waals surface area contributed by atoms with Crippen molar-refractivity contribution in [3.05, 3.63) is 28.8 Å². The van der Waals surface area contributed by atoms with Gasteiger partial charge >= 0.3 is 0 Å². The van der Waals surface area contributed by atoms with Gasteiger partial charge in [-0.3, -0.25) is 9.80 Å². The van der Waals surface area contributed by atoms with E-state index in [1.165, 1.54) is 0 Å². The highest BCUT2D eigenvalue weighted by atomic mass is 35.5. The molecule has 1 heterocycles. The first-order valence-electron chi connectivity index (χ1n) is 6.54. The summed E-state index contributed by atoms with van der Waals surface area (Å²) in [6, 6.07) is 6.08. The maximum atomic E-state index is 9.41. The smallest absolute Gasteiger partial charge is 0.134 e. The number of piperazine rings is 1. The van der Waals surface area contributed by atoms with E-state index in [2.05, 4.69) is 23.6 Å². The van der Waals surface area contributed by atoms with Gasteiger partial charge in [-0.15, -0.1) is 0 Å². The molecule has 0 amide bonds. The zero-order valence-electron chi connectivity index (χ0n) is 11.1. The number of phenolic OH excluding ortho intramolecular Hbond substituents is 1. The molecule has 1 aliphatic heterocycles. The van der Waals surface area contributed by atoms with Crippen LogP contribution < -0.4 is 0 Å². The number of hydrogen-bond donors (Lipinski definition) is 1. The molecule has 1 aliphatic rings. The molecule has 0 radical (unpaired) electrons. The number of likely N-dealkylation sites (N-methyl/N-ethyl adjacent to an activating group) is 1. The molecule has 1 atom stereocenters. The fourth-order valence-corrected chi connectivity index (χ4v) is 2.79. The summed E-state index contributed by atoms with van der Waals surface area (Å²) in [4.78, 5) is 4.94. The highest BCUT2D eigenvalue weighted by Gasteiger charge is 2.22. The second-order valence-corrected chi connectivity index (χ2v) is 5.41. The van der Waals surface area contributed by atoms with Gasteiger partial charge in [-0.1, -0.05) is 24.6 Å². The highest BCUT2D eigenvalue weighted by molar-refractivity contribution is 6.32. The fourth-order valence-electron chi connectivity index (χ4n) is 2.59. The fraction of sp³-hybridized carbons (Fsp3) is 0.571. The Morgan fingerprint density at radius 2 is 2.17 bits per heavy atom. The Kier molecular flexibility index (Phi) is 4.49. The van der Waals surface area contributed by atoms with E-state index in [1.54, 1.807) is 6.07 Å². The molecule has 0 spiro atoms. The first-order chi connectivity index (χ1) is 8.60. The predicted octanol–water partition coefficient (Wildman–Crippen LogP) is 2.57. The number of phenols is 1. The molecule has 18 heavy (non-hydrogen) atoms. The summed E-state index contributed by atoms with van der Waals surface area (Å²) in [5, 5.41) is 9.84. The molecular weight excluding hydrogens is 248 g/mol. The third kappa shape index (κ3) is 3.16. The Morgan fingerprint density at radius 3 is 2.78 bits per heavy atom. The van der Waals surface area contributed by atoms with E-state index in [9.17, 15) is 5.11 Å². The van der Waals surface area contributed by atoms with E-state index >= 15 is 0 Å². The van der Waals surface area contributed by atoms with Crippen LogP contribution in [-0.4, -0.2) is 47.1 Å². The van der Waals surface area contributed by atoms with Gasteiger partial charge < -0.3 is 5.11 Å². The molecule has 0 bridgehead atoms. The Morgan fingerprint density at radius 1 is 1.39 bits per heavy atom. The third-order valence-corrected chi connectivity index (χ3v) is 3.98. The Balaban J connectivity index is 1.96. The second-order valence-electron chi connectivity index (χ2n) is 5.00. The van der Waals surface area contributed by atoms with Gasteiger partial charge in [0.05, 0.1) is 5.02 Å². The number of rotatable bonds is 3. The lowest BCUT2D eigenvalue weighted by Crippen LogP contribution is -2.51. The van der Waals surface area contributed by atoms with Crippen molar-refractivity contribution in [1.29, 1.82) is 0 Å². The number of halogens is 1. The maximum Gasteiger partial charge on any atom is 0.134 e. The zero-order valence-corrected chi connectivity index (χ0v) is 11.8. The lowest BCUT2D eigenvalue weighted by molar-refractivity contribution is 0.0834. The van der Waals surface area contributed by atoms with Gasteiger partial charge in [0, 0.05) is 32.2 Å². The van der Waals surface area contributed by atoms with Gasteiger partial charge in [-0.05, 0) is 31.2 Å². The lowest BCUT2D eigenvalue weighted by Gasteiger charge is -2.39. The topological polar surface area (TPSA) is 26.7 Å². The van der Waals surface area contributed by atoms with Crippen molar-refractivity contribution in [3.63, 3.8) is 0 Å². The third-order valence-electron chi connectivity index (χ3n) is 3.67. The van der Waals surface area contributed by atoms with E-state index in [-0.39, 0.29) is 5.75 Å². The minimum Gasteiger partial charge on any atom is -0.506 e. The van der Waals surface area contributed by atoms with Crippen LogP contribution in [0.5, 0.6) is 5.75 Å². The Hall–Kier alpha value is -0.770. The monoisotopic (exact) mass is 268 g/mol. The van der Waals surface area contributed by atoms with Crippen molar-refractivity contribution in [3.8, 4) is 5.75 Å². The summed E-state index contributed by atoms with van der Waals surface area (Å²) < 4.78 is 0. The molecule has 0 aliphatic carbocycles. The average molecular weight is 269 g/mol. The Labute approximate surface area is 114 Å². The van der Waals surface area contributed by atoms with Crippen molar-refractivity contribution >= 4 is 11.6 Å². The molecule has 1 fully saturated rings. The second kappa shape index (κ2) is 5.91. The van der Waals surface area contributed by atoms with Crippen LogP contribution in [0.3, 0.4) is 0 Å². The molecule has 1 unspecified atom stereocenters. The summed E-state index contributed by atoms with van der Waals surface area (Å²) in [6.07, 6.45) is 0. The first-order valence-corrected chi connectivity index (χ1v) is 6.91. The number of benzene rings is 1. The molecular formula is C14H21ClN2O. The van der Waals surface area contributed by atoms with Crippen molar-refractivity contribution < 1.29 is 5.11 Å². The van der Waals surface area contributed by atoms with E-state index in [1.807, 2.05) is 12.1 Å². The van der Waals surface area contributed by atoms with Gasteiger partial charge in [0.15, 0.2) is 0 Å². The van der Waals surface area contributed by atoms with E-state index in [4.69, 9.17) is 11.6 Å². The van der Waals surface area contributed by atoms with Gasteiger partial charge in [0.1, 0.15) is 5.75 Å². The van der Waals surface area contributed by atoms with Crippen LogP contribution in [0.2, 0.25) is 5.02 Å². The maximum absolute atomic E-state index is 9.41. The number of hydrogen-bond acceptors (Lipinski definition) is 3. The van der Waals surface area contributed by atoms with Crippen LogP contribution in [-0.2, 0) is 6.54 Å². The predicted molar refractivity (Wildman–Crippen MR) is 75.1 cm³/mol. The molecule has 0 saturated carbocycles. The molecule has 4 heteroatoms. The Bertz CT molecular complexity index is 411. The standard InChI is InChI=1S/C14H21ClN2O/c1-3-17-7-6-16(9-11(17)2)10-12-4-5-14(18)13(15)8-12/h4-5,8,11,18H,3,6-7,9-10H2,1-2H3. The van der Waals surface area contributed by atoms with Gasteiger partial charge in [-0.2, -0.15) is 0 Å². The van der Waals surface area contributed by atoms with Crippen molar-refractivity contribution in [2.24, 2.45) is 0 Å². The zero-order chi connectivity index (χ0) is 13.1. The van der Waals surface area contributed by atoms with Crippen molar-refractivity contribution in [1.82, 2.24) is 9.80 Å². The van der Waals surface area contributed by atoms with Crippen molar-refractivity contribution in [2.75, 3.05) is 26.2 Å². The molecule has 100 valence electrons. The molecule has 1 aromatic carbocycles. The summed E-state index contributed by atoms with van der Waals surface area (Å²) in [6.45, 7) is 9.83. The minimum absolute atomic E-state index is 0.157.